The first-order valence-corrected chi connectivity index (χ1v) is 22.2. The topological polar surface area (TPSA) is 45.5 Å². The van der Waals surface area contributed by atoms with Crippen LogP contribution < -0.4 is 0 Å². The van der Waals surface area contributed by atoms with Gasteiger partial charge in [-0.3, -0.25) is 0 Å². The summed E-state index contributed by atoms with van der Waals surface area (Å²) in [4.78, 5) is 6.44. The van der Waals surface area contributed by atoms with Crippen molar-refractivity contribution in [3.63, 3.8) is 0 Å². The zero-order valence-corrected chi connectivity index (χ0v) is 28.6. The molecular formula is C26H36Cl4N2O3SSi2. The summed E-state index contributed by atoms with van der Waals surface area (Å²) in [5.41, 5.74) is 1.53. The number of ether oxygens (including phenoxy) is 3. The Morgan fingerprint density at radius 1 is 0.842 bits per heavy atom. The summed E-state index contributed by atoms with van der Waals surface area (Å²) in [6, 6.07) is 9.33. The molecule has 3 aromatic rings. The van der Waals surface area contributed by atoms with Crippen molar-refractivity contribution in [2.75, 3.05) is 20.0 Å². The highest BCUT2D eigenvalue weighted by molar-refractivity contribution is 7.99. The smallest absolute Gasteiger partial charge is 0.147 e. The number of benzene rings is 2. The largest absolute Gasteiger partial charge is 0.361 e. The third-order valence-corrected chi connectivity index (χ3v) is 11.8. The fourth-order valence-electron chi connectivity index (χ4n) is 3.40. The molecule has 0 N–H and O–H groups in total. The summed E-state index contributed by atoms with van der Waals surface area (Å²) in [5, 5.41) is 1.94. The standard InChI is InChI=1S/C26H36Cl4N2O3SSi2/c1-37(2,3)11-9-33-16-32-21-14-20(29)24(30)26(36-22-8-7-18(27)13-19(22)28)25(21)31-23(32)15-35-17-34-10-12-38(4,5)6/h7-8,13-14H,9-12,15-17H2,1-6H3. The Morgan fingerprint density at radius 2 is 1.50 bits per heavy atom. The molecule has 12 heteroatoms. The van der Waals surface area contributed by atoms with Gasteiger partial charge in [-0.1, -0.05) is 97.4 Å². The van der Waals surface area contributed by atoms with Crippen molar-refractivity contribution in [1.29, 1.82) is 0 Å². The van der Waals surface area contributed by atoms with Crippen LogP contribution in [0.1, 0.15) is 5.82 Å². The van der Waals surface area contributed by atoms with E-state index in [0.717, 1.165) is 22.5 Å². The van der Waals surface area contributed by atoms with Gasteiger partial charge in [-0.25, -0.2) is 4.98 Å². The Hall–Kier alpha value is -0.266. The van der Waals surface area contributed by atoms with Gasteiger partial charge in [0.15, 0.2) is 0 Å². The molecule has 5 nitrogen and oxygen atoms in total. The fourth-order valence-corrected chi connectivity index (χ4v) is 6.91. The van der Waals surface area contributed by atoms with Crippen molar-refractivity contribution in [1.82, 2.24) is 9.55 Å². The molecule has 0 fully saturated rings. The summed E-state index contributed by atoms with van der Waals surface area (Å²) >= 11 is 27.3. The highest BCUT2D eigenvalue weighted by atomic mass is 35.5. The number of hydrogen-bond donors (Lipinski definition) is 0. The monoisotopic (exact) mass is 652 g/mol. The first kappa shape index (κ1) is 32.3. The normalized spacial score (nSPS) is 12.6. The van der Waals surface area contributed by atoms with Gasteiger partial charge in [0, 0.05) is 39.3 Å². The zero-order chi connectivity index (χ0) is 28.1. The van der Waals surface area contributed by atoms with Crippen molar-refractivity contribution in [3.05, 3.63) is 50.2 Å². The highest BCUT2D eigenvalue weighted by Gasteiger charge is 2.21. The summed E-state index contributed by atoms with van der Waals surface area (Å²) in [6.45, 7) is 16.1. The average molecular weight is 655 g/mol. The van der Waals surface area contributed by atoms with E-state index in [9.17, 15) is 0 Å². The molecule has 0 amide bonds. The predicted octanol–water partition coefficient (Wildman–Crippen LogP) is 9.94. The SMILES string of the molecule is C[Si](C)(C)CCOCOCc1nc2c(Sc3ccc(Cl)cc3Cl)c(Cl)c(Cl)cc2n1COCC[Si](C)(C)C. The van der Waals surface area contributed by atoms with E-state index in [1.54, 1.807) is 12.1 Å². The molecule has 210 valence electrons. The Labute approximate surface area is 252 Å². The summed E-state index contributed by atoms with van der Waals surface area (Å²) in [7, 11) is -2.38. The molecule has 0 unspecified atom stereocenters. The fraction of sp³-hybridized carbons (Fsp3) is 0.500. The van der Waals surface area contributed by atoms with Gasteiger partial charge < -0.3 is 18.8 Å². The van der Waals surface area contributed by atoms with Gasteiger partial charge in [-0.05, 0) is 36.4 Å². The molecule has 0 aliphatic heterocycles. The van der Waals surface area contributed by atoms with Crippen LogP contribution >= 0.6 is 58.2 Å². The van der Waals surface area contributed by atoms with Crippen molar-refractivity contribution < 1.29 is 14.2 Å². The Kier molecular flexibility index (Phi) is 11.9. The first-order valence-electron chi connectivity index (χ1n) is 12.5. The minimum absolute atomic E-state index is 0.202. The molecule has 38 heavy (non-hydrogen) atoms. The van der Waals surface area contributed by atoms with Gasteiger partial charge in [0.1, 0.15) is 31.5 Å². The summed E-state index contributed by atoms with van der Waals surface area (Å²) in [5.74, 6) is 0.712. The first-order chi connectivity index (χ1) is 17.7. The molecule has 0 aliphatic carbocycles. The summed E-state index contributed by atoms with van der Waals surface area (Å²) < 4.78 is 19.7. The van der Waals surface area contributed by atoms with Crippen LogP contribution in [0.15, 0.2) is 34.1 Å². The van der Waals surface area contributed by atoms with Crippen LogP contribution in [0.3, 0.4) is 0 Å². The predicted molar refractivity (Wildman–Crippen MR) is 168 cm³/mol. The molecule has 0 saturated carbocycles. The third kappa shape index (κ3) is 9.68. The van der Waals surface area contributed by atoms with Crippen molar-refractivity contribution in [2.24, 2.45) is 0 Å². The molecule has 0 bridgehead atoms. The lowest BCUT2D eigenvalue weighted by Crippen LogP contribution is -2.22. The Balaban J connectivity index is 1.89. The van der Waals surface area contributed by atoms with E-state index in [4.69, 9.17) is 65.6 Å². The van der Waals surface area contributed by atoms with Crippen LogP contribution in [0.5, 0.6) is 0 Å². The van der Waals surface area contributed by atoms with Gasteiger partial charge in [0.25, 0.3) is 0 Å². The molecule has 0 spiro atoms. The molecular weight excluding hydrogens is 618 g/mol. The number of fused-ring (bicyclic) bond motifs is 1. The molecule has 1 aromatic heterocycles. The maximum Gasteiger partial charge on any atom is 0.147 e. The minimum Gasteiger partial charge on any atom is -0.361 e. The highest BCUT2D eigenvalue weighted by Crippen LogP contribution is 2.44. The van der Waals surface area contributed by atoms with Gasteiger partial charge in [0.05, 0.1) is 25.5 Å². The Morgan fingerprint density at radius 3 is 2.13 bits per heavy atom. The third-order valence-electron chi connectivity index (χ3n) is 5.69. The number of rotatable bonds is 14. The van der Waals surface area contributed by atoms with Gasteiger partial charge in [0.2, 0.25) is 0 Å². The van der Waals surface area contributed by atoms with E-state index in [1.807, 2.05) is 16.7 Å². The second-order valence-corrected chi connectivity index (χ2v) is 25.5. The molecule has 0 aliphatic rings. The van der Waals surface area contributed by atoms with Gasteiger partial charge in [-0.15, -0.1) is 0 Å². The van der Waals surface area contributed by atoms with Crippen molar-refractivity contribution >= 4 is 85.3 Å². The molecule has 0 atom stereocenters. The summed E-state index contributed by atoms with van der Waals surface area (Å²) in [6.07, 6.45) is 0. The van der Waals surface area contributed by atoms with Crippen LogP contribution in [0.4, 0.5) is 0 Å². The van der Waals surface area contributed by atoms with E-state index in [1.165, 1.54) is 11.8 Å². The second kappa shape index (κ2) is 14.1. The van der Waals surface area contributed by atoms with Crippen molar-refractivity contribution in [2.45, 2.75) is 74.5 Å². The van der Waals surface area contributed by atoms with Crippen molar-refractivity contribution in [3.8, 4) is 0 Å². The van der Waals surface area contributed by atoms with Gasteiger partial charge >= 0.3 is 0 Å². The van der Waals surface area contributed by atoms with E-state index >= 15 is 0 Å². The van der Waals surface area contributed by atoms with Crippen LogP contribution in [0, 0.1) is 0 Å². The second-order valence-electron chi connectivity index (χ2n) is 11.5. The molecule has 1 heterocycles. The van der Waals surface area contributed by atoms with E-state index in [0.29, 0.717) is 56.3 Å². The number of imidazole rings is 1. The van der Waals surface area contributed by atoms with E-state index in [2.05, 4.69) is 39.3 Å². The van der Waals surface area contributed by atoms with Crippen LogP contribution in [0.25, 0.3) is 11.0 Å². The maximum atomic E-state index is 6.70. The Bertz CT molecular complexity index is 1250. The number of hydrogen-bond acceptors (Lipinski definition) is 5. The molecule has 0 radical (unpaired) electrons. The number of nitrogens with zero attached hydrogens (tertiary/aromatic N) is 2. The maximum absolute atomic E-state index is 6.70. The number of aromatic nitrogens is 2. The minimum atomic E-state index is -1.22. The lowest BCUT2D eigenvalue weighted by Gasteiger charge is -2.17. The zero-order valence-electron chi connectivity index (χ0n) is 22.8. The number of halogens is 4. The van der Waals surface area contributed by atoms with Crippen LogP contribution in [0.2, 0.25) is 71.5 Å². The quantitative estimate of drug-likeness (QED) is 0.0984. The van der Waals surface area contributed by atoms with Crippen LogP contribution in [-0.2, 0) is 27.5 Å². The average Bonchev–Trinajstić information content (AvgIpc) is 3.13. The van der Waals surface area contributed by atoms with E-state index in [-0.39, 0.29) is 13.4 Å². The molecule has 3 rings (SSSR count). The van der Waals surface area contributed by atoms with Gasteiger partial charge in [-0.2, -0.15) is 0 Å². The molecule has 0 saturated heterocycles. The lowest BCUT2D eigenvalue weighted by atomic mass is 10.3. The molecule has 2 aromatic carbocycles. The van der Waals surface area contributed by atoms with E-state index < -0.39 is 16.1 Å². The lowest BCUT2D eigenvalue weighted by molar-refractivity contribution is -0.0609. The van der Waals surface area contributed by atoms with Crippen LogP contribution in [-0.4, -0.2) is 45.7 Å².